The molecule has 0 amide bonds. The number of aryl methyl sites for hydroxylation is 1. The normalized spacial score (nSPS) is 11.5. The van der Waals surface area contributed by atoms with Gasteiger partial charge in [-0.3, -0.25) is 9.40 Å². The number of rotatable bonds is 3. The van der Waals surface area contributed by atoms with Crippen LogP contribution in [0.3, 0.4) is 0 Å². The lowest BCUT2D eigenvalue weighted by molar-refractivity contribution is 0.593. The minimum absolute atomic E-state index is 0.158. The Morgan fingerprint density at radius 2 is 2.11 bits per heavy atom. The van der Waals surface area contributed by atoms with Crippen molar-refractivity contribution in [1.29, 1.82) is 0 Å². The second-order valence-electron chi connectivity index (χ2n) is 3.56. The van der Waals surface area contributed by atoms with E-state index < -0.39 is 15.8 Å². The van der Waals surface area contributed by atoms with Crippen LogP contribution in [0.1, 0.15) is 0 Å². The average Bonchev–Trinajstić information content (AvgIpc) is 2.67. The van der Waals surface area contributed by atoms with Crippen molar-refractivity contribution in [1.82, 2.24) is 9.78 Å². The summed E-state index contributed by atoms with van der Waals surface area (Å²) in [5.41, 5.74) is 0. The van der Waals surface area contributed by atoms with Gasteiger partial charge in [-0.2, -0.15) is 5.10 Å². The Labute approximate surface area is 112 Å². The molecule has 96 valence electrons. The molecule has 0 fully saturated rings. The molecule has 2 rings (SSSR count). The first-order valence-corrected chi connectivity index (χ1v) is 7.13. The monoisotopic (exact) mass is 333 g/mol. The molecule has 0 unspecified atom stereocenters. The molecule has 1 heterocycles. The molecule has 5 nitrogen and oxygen atoms in total. The maximum Gasteiger partial charge on any atom is 0.263 e. The molecular formula is C10H9BrFN3O2S. The second-order valence-corrected chi connectivity index (χ2v) is 6.09. The van der Waals surface area contributed by atoms with Crippen LogP contribution in [-0.2, 0) is 17.1 Å². The summed E-state index contributed by atoms with van der Waals surface area (Å²) in [6, 6.07) is 5.09. The van der Waals surface area contributed by atoms with Crippen LogP contribution < -0.4 is 4.72 Å². The van der Waals surface area contributed by atoms with Crippen molar-refractivity contribution in [3.05, 3.63) is 40.8 Å². The third-order valence-electron chi connectivity index (χ3n) is 2.15. The van der Waals surface area contributed by atoms with Gasteiger partial charge >= 0.3 is 0 Å². The zero-order valence-corrected chi connectivity index (χ0v) is 11.7. The number of hydrogen-bond donors (Lipinski definition) is 1. The first-order chi connectivity index (χ1) is 8.38. The zero-order chi connectivity index (χ0) is 13.3. The third kappa shape index (κ3) is 2.70. The minimum atomic E-state index is -3.83. The van der Waals surface area contributed by atoms with E-state index in [1.165, 1.54) is 22.9 Å². The Morgan fingerprint density at radius 3 is 2.67 bits per heavy atom. The fourth-order valence-corrected chi connectivity index (χ4v) is 2.56. The molecule has 0 atom stereocenters. The van der Waals surface area contributed by atoms with E-state index in [2.05, 4.69) is 25.8 Å². The van der Waals surface area contributed by atoms with Crippen LogP contribution in [0.15, 0.2) is 39.8 Å². The average molecular weight is 334 g/mol. The number of halogens is 2. The van der Waals surface area contributed by atoms with E-state index in [4.69, 9.17) is 0 Å². The molecule has 0 bridgehead atoms. The van der Waals surface area contributed by atoms with Gasteiger partial charge < -0.3 is 0 Å². The van der Waals surface area contributed by atoms with Crippen molar-refractivity contribution in [2.45, 2.75) is 4.90 Å². The number of benzene rings is 1. The van der Waals surface area contributed by atoms with Crippen molar-refractivity contribution in [2.75, 3.05) is 4.72 Å². The van der Waals surface area contributed by atoms with Crippen LogP contribution in [0.25, 0.3) is 0 Å². The first-order valence-electron chi connectivity index (χ1n) is 4.86. The summed E-state index contributed by atoms with van der Waals surface area (Å²) < 4.78 is 41.1. The predicted molar refractivity (Wildman–Crippen MR) is 68.1 cm³/mol. The van der Waals surface area contributed by atoms with E-state index in [0.29, 0.717) is 0 Å². The highest BCUT2D eigenvalue weighted by atomic mass is 79.9. The highest BCUT2D eigenvalue weighted by Gasteiger charge is 2.17. The van der Waals surface area contributed by atoms with Crippen LogP contribution in [-0.4, -0.2) is 18.2 Å². The molecule has 1 aromatic carbocycles. The van der Waals surface area contributed by atoms with Gasteiger partial charge in [0.25, 0.3) is 10.0 Å². The molecule has 1 N–H and O–H groups in total. The molecule has 0 spiro atoms. The van der Waals surface area contributed by atoms with Crippen molar-refractivity contribution in [2.24, 2.45) is 7.05 Å². The van der Waals surface area contributed by atoms with Crippen LogP contribution in [0.5, 0.6) is 0 Å². The van der Waals surface area contributed by atoms with Crippen molar-refractivity contribution in [3.8, 4) is 0 Å². The van der Waals surface area contributed by atoms with Crippen molar-refractivity contribution < 1.29 is 12.8 Å². The summed E-state index contributed by atoms with van der Waals surface area (Å²) in [5.74, 6) is -0.459. The number of sulfonamides is 1. The largest absolute Gasteiger partial charge is 0.274 e. The summed E-state index contributed by atoms with van der Waals surface area (Å²) in [6.45, 7) is 0. The Kier molecular flexibility index (Phi) is 3.40. The number of nitrogens with one attached hydrogen (secondary N) is 1. The lowest BCUT2D eigenvalue weighted by atomic mass is 10.3. The van der Waals surface area contributed by atoms with Gasteiger partial charge in [0.1, 0.15) is 5.82 Å². The first kappa shape index (κ1) is 13.0. The summed E-state index contributed by atoms with van der Waals surface area (Å²) >= 11 is 2.96. The SMILES string of the molecule is Cn1ccc(NS(=O)(=O)c2ccc(Br)c(F)c2)n1. The zero-order valence-electron chi connectivity index (χ0n) is 9.26. The number of aromatic nitrogens is 2. The Bertz CT molecular complexity index is 684. The van der Waals surface area contributed by atoms with Gasteiger partial charge in [0, 0.05) is 19.3 Å². The topological polar surface area (TPSA) is 64.0 Å². The molecule has 0 radical (unpaired) electrons. The van der Waals surface area contributed by atoms with Crippen LogP contribution in [0, 0.1) is 5.82 Å². The fourth-order valence-electron chi connectivity index (χ4n) is 1.31. The Balaban J connectivity index is 2.33. The van der Waals surface area contributed by atoms with Crippen molar-refractivity contribution >= 4 is 31.8 Å². The van der Waals surface area contributed by atoms with Gasteiger partial charge in [0.2, 0.25) is 0 Å². The van der Waals surface area contributed by atoms with Crippen molar-refractivity contribution in [3.63, 3.8) is 0 Å². The molecule has 0 aliphatic carbocycles. The Morgan fingerprint density at radius 1 is 1.39 bits per heavy atom. The van der Waals surface area contributed by atoms with Gasteiger partial charge in [0.15, 0.2) is 5.82 Å². The van der Waals surface area contributed by atoms with Crippen LogP contribution in [0.4, 0.5) is 10.2 Å². The van der Waals surface area contributed by atoms with E-state index >= 15 is 0 Å². The molecule has 18 heavy (non-hydrogen) atoms. The van der Waals surface area contributed by atoms with Crippen LogP contribution >= 0.6 is 15.9 Å². The van der Waals surface area contributed by atoms with E-state index in [1.54, 1.807) is 13.2 Å². The fraction of sp³-hybridized carbons (Fsp3) is 0.100. The number of anilines is 1. The van der Waals surface area contributed by atoms with Gasteiger partial charge in [-0.05, 0) is 34.1 Å². The highest BCUT2D eigenvalue weighted by molar-refractivity contribution is 9.10. The minimum Gasteiger partial charge on any atom is -0.274 e. The smallest absolute Gasteiger partial charge is 0.263 e. The van der Waals surface area contributed by atoms with Gasteiger partial charge in [-0.1, -0.05) is 0 Å². The molecule has 8 heteroatoms. The van der Waals surface area contributed by atoms with Crippen LogP contribution in [0.2, 0.25) is 0 Å². The molecular weight excluding hydrogens is 325 g/mol. The molecule has 2 aromatic rings. The predicted octanol–water partition coefficient (Wildman–Crippen LogP) is 2.12. The third-order valence-corrected chi connectivity index (χ3v) is 4.15. The number of hydrogen-bond acceptors (Lipinski definition) is 3. The molecule has 0 aliphatic rings. The molecule has 1 aromatic heterocycles. The van der Waals surface area contributed by atoms with Gasteiger partial charge in [-0.15, -0.1) is 0 Å². The quantitative estimate of drug-likeness (QED) is 0.935. The van der Waals surface area contributed by atoms with E-state index in [0.717, 1.165) is 6.07 Å². The Hall–Kier alpha value is -1.41. The summed E-state index contributed by atoms with van der Waals surface area (Å²) in [7, 11) is -2.16. The van der Waals surface area contributed by atoms with E-state index in [9.17, 15) is 12.8 Å². The van der Waals surface area contributed by atoms with Gasteiger partial charge in [-0.25, -0.2) is 12.8 Å². The highest BCUT2D eigenvalue weighted by Crippen LogP contribution is 2.20. The second kappa shape index (κ2) is 4.69. The summed E-state index contributed by atoms with van der Waals surface area (Å²) in [6.07, 6.45) is 1.60. The lowest BCUT2D eigenvalue weighted by Crippen LogP contribution is -2.13. The maximum absolute atomic E-state index is 13.3. The van der Waals surface area contributed by atoms with E-state index in [-0.39, 0.29) is 15.2 Å². The van der Waals surface area contributed by atoms with Gasteiger partial charge in [0.05, 0.1) is 9.37 Å². The molecule has 0 saturated carbocycles. The van der Waals surface area contributed by atoms with E-state index in [1.807, 2.05) is 0 Å². The summed E-state index contributed by atoms with van der Waals surface area (Å²) in [4.78, 5) is -0.158. The maximum atomic E-state index is 13.3. The number of nitrogens with zero attached hydrogens (tertiary/aromatic N) is 2. The molecule has 0 saturated heterocycles. The lowest BCUT2D eigenvalue weighted by Gasteiger charge is -2.05. The molecule has 0 aliphatic heterocycles. The standard InChI is InChI=1S/C10H9BrFN3O2S/c1-15-5-4-10(13-15)14-18(16,17)7-2-3-8(11)9(12)6-7/h2-6H,1H3,(H,13,14). The summed E-state index contributed by atoms with van der Waals surface area (Å²) in [5, 5.41) is 3.88.